The third-order valence-electron chi connectivity index (χ3n) is 5.63. The first kappa shape index (κ1) is 24.5. The lowest BCUT2D eigenvalue weighted by Crippen LogP contribution is -2.27. The Labute approximate surface area is 198 Å². The summed E-state index contributed by atoms with van der Waals surface area (Å²) < 4.78 is 11.2. The average Bonchev–Trinajstić information content (AvgIpc) is 2.86. The highest BCUT2D eigenvalue weighted by atomic mass is 16.5. The van der Waals surface area contributed by atoms with Gasteiger partial charge in [0.15, 0.2) is 0 Å². The molecule has 1 heterocycles. The predicted octanol–water partition coefficient (Wildman–Crippen LogP) is 5.96. The van der Waals surface area contributed by atoms with Crippen LogP contribution in [0.4, 0.5) is 11.6 Å². The summed E-state index contributed by atoms with van der Waals surface area (Å²) in [7, 11) is 1.67. The van der Waals surface area contributed by atoms with Gasteiger partial charge >= 0.3 is 0 Å². The number of ether oxygens (including phenoxy) is 2. The molecule has 1 N–H and O–H groups in total. The number of rotatable bonds is 13. The van der Waals surface area contributed by atoms with Crippen LogP contribution in [0.5, 0.6) is 11.5 Å². The summed E-state index contributed by atoms with van der Waals surface area (Å²) in [5.74, 6) is 2.30. The number of likely N-dealkylation sites (N-methyl/N-ethyl adjacent to an activating group) is 1. The van der Waals surface area contributed by atoms with Gasteiger partial charge in [0, 0.05) is 23.5 Å². The molecule has 0 amide bonds. The average molecular weight is 449 g/mol. The molecular weight excluding hydrogens is 412 g/mol. The molecular formula is C27H36N4O2. The number of aryl methyl sites for hydroxylation is 1. The van der Waals surface area contributed by atoms with E-state index < -0.39 is 0 Å². The maximum absolute atomic E-state index is 5.89. The number of unbranched alkanes of at least 4 members (excludes halogenated alkanes) is 1. The van der Waals surface area contributed by atoms with Crippen LogP contribution in [0.15, 0.2) is 54.6 Å². The first-order valence-electron chi connectivity index (χ1n) is 11.9. The fourth-order valence-corrected chi connectivity index (χ4v) is 3.55. The SMILES string of the molecule is CCCCc1cc(-c2ccc(OC)cc2)nc(Nc2ccc(OCCN(CC)CC)cc2)n1. The standard InChI is InChI=1S/C27H36N4O2/c1-5-8-9-23-20-26(21-10-14-24(32-4)15-11-21)30-27(29-23)28-22-12-16-25(17-13-22)33-19-18-31(6-2)7-3/h10-17,20H,5-9,18-19H2,1-4H3,(H,28,29,30). The number of anilines is 2. The molecule has 0 spiro atoms. The molecule has 6 nitrogen and oxygen atoms in total. The highest BCUT2D eigenvalue weighted by Gasteiger charge is 2.08. The molecule has 0 aliphatic heterocycles. The lowest BCUT2D eigenvalue weighted by atomic mass is 10.1. The number of methoxy groups -OCH3 is 1. The molecule has 0 radical (unpaired) electrons. The van der Waals surface area contributed by atoms with Gasteiger partial charge in [-0.3, -0.25) is 0 Å². The van der Waals surface area contributed by atoms with E-state index in [0.29, 0.717) is 12.6 Å². The Morgan fingerprint density at radius 1 is 0.879 bits per heavy atom. The normalized spacial score (nSPS) is 10.9. The largest absolute Gasteiger partial charge is 0.497 e. The smallest absolute Gasteiger partial charge is 0.227 e. The summed E-state index contributed by atoms with van der Waals surface area (Å²) in [6, 6.07) is 18.0. The van der Waals surface area contributed by atoms with Gasteiger partial charge in [0.25, 0.3) is 0 Å². The van der Waals surface area contributed by atoms with Gasteiger partial charge in [0.2, 0.25) is 5.95 Å². The highest BCUT2D eigenvalue weighted by molar-refractivity contribution is 5.63. The molecule has 1 aromatic heterocycles. The second-order valence-corrected chi connectivity index (χ2v) is 7.92. The van der Waals surface area contributed by atoms with Crippen LogP contribution in [0.25, 0.3) is 11.3 Å². The number of hydrogen-bond acceptors (Lipinski definition) is 6. The Kier molecular flexibility index (Phi) is 9.51. The minimum absolute atomic E-state index is 0.602. The third kappa shape index (κ3) is 7.46. The van der Waals surface area contributed by atoms with Crippen LogP contribution in [0, 0.1) is 0 Å². The molecule has 6 heteroatoms. The summed E-state index contributed by atoms with van der Waals surface area (Å²) in [5, 5.41) is 3.36. The topological polar surface area (TPSA) is 59.5 Å². The number of nitrogens with zero attached hydrogens (tertiary/aromatic N) is 3. The van der Waals surface area contributed by atoms with Crippen molar-refractivity contribution in [3.63, 3.8) is 0 Å². The molecule has 0 saturated carbocycles. The Bertz CT molecular complexity index is 970. The number of nitrogens with one attached hydrogen (secondary N) is 1. The predicted molar refractivity (Wildman–Crippen MR) is 136 cm³/mol. The minimum atomic E-state index is 0.602. The first-order chi connectivity index (χ1) is 16.1. The van der Waals surface area contributed by atoms with Gasteiger partial charge in [-0.1, -0.05) is 27.2 Å². The summed E-state index contributed by atoms with van der Waals surface area (Å²) in [6.45, 7) is 10.2. The fraction of sp³-hybridized carbons (Fsp3) is 0.407. The van der Waals surface area contributed by atoms with E-state index in [1.165, 1.54) is 0 Å². The van der Waals surface area contributed by atoms with Crippen LogP contribution in [-0.4, -0.2) is 48.2 Å². The van der Waals surface area contributed by atoms with E-state index in [1.54, 1.807) is 7.11 Å². The lowest BCUT2D eigenvalue weighted by molar-refractivity contribution is 0.223. The second kappa shape index (κ2) is 12.8. The van der Waals surface area contributed by atoms with Crippen LogP contribution in [0.3, 0.4) is 0 Å². The molecule has 0 saturated heterocycles. The molecule has 3 aromatic rings. The maximum atomic E-state index is 5.89. The van der Waals surface area contributed by atoms with Crippen molar-refractivity contribution in [1.82, 2.24) is 14.9 Å². The van der Waals surface area contributed by atoms with Crippen molar-refractivity contribution in [3.05, 3.63) is 60.3 Å². The Hall–Kier alpha value is -3.12. The molecule has 0 aliphatic rings. The Balaban J connectivity index is 1.72. The van der Waals surface area contributed by atoms with Crippen LogP contribution < -0.4 is 14.8 Å². The number of aromatic nitrogens is 2. The Morgan fingerprint density at radius 3 is 2.21 bits per heavy atom. The van der Waals surface area contributed by atoms with Gasteiger partial charge < -0.3 is 19.7 Å². The van der Waals surface area contributed by atoms with Gasteiger partial charge in [-0.05, 0) is 80.5 Å². The van der Waals surface area contributed by atoms with E-state index in [0.717, 1.165) is 73.0 Å². The molecule has 2 aromatic carbocycles. The minimum Gasteiger partial charge on any atom is -0.497 e. The zero-order chi connectivity index (χ0) is 23.5. The quantitative estimate of drug-likeness (QED) is 0.348. The van der Waals surface area contributed by atoms with E-state index in [9.17, 15) is 0 Å². The van der Waals surface area contributed by atoms with E-state index in [1.807, 2.05) is 48.5 Å². The maximum Gasteiger partial charge on any atom is 0.227 e. The van der Waals surface area contributed by atoms with E-state index in [-0.39, 0.29) is 0 Å². The zero-order valence-electron chi connectivity index (χ0n) is 20.3. The second-order valence-electron chi connectivity index (χ2n) is 7.92. The summed E-state index contributed by atoms with van der Waals surface area (Å²) in [5.41, 5.74) is 3.91. The molecule has 0 bridgehead atoms. The molecule has 0 atom stereocenters. The number of benzene rings is 2. The fourth-order valence-electron chi connectivity index (χ4n) is 3.55. The van der Waals surface area contributed by atoms with Gasteiger partial charge in [-0.15, -0.1) is 0 Å². The highest BCUT2D eigenvalue weighted by Crippen LogP contribution is 2.25. The summed E-state index contributed by atoms with van der Waals surface area (Å²) in [4.78, 5) is 11.9. The van der Waals surface area contributed by atoms with Gasteiger partial charge in [0.1, 0.15) is 18.1 Å². The molecule has 0 unspecified atom stereocenters. The monoisotopic (exact) mass is 448 g/mol. The van der Waals surface area contributed by atoms with Gasteiger partial charge in [-0.25, -0.2) is 9.97 Å². The van der Waals surface area contributed by atoms with Gasteiger partial charge in [0.05, 0.1) is 12.8 Å². The van der Waals surface area contributed by atoms with Crippen molar-refractivity contribution in [2.45, 2.75) is 40.0 Å². The Morgan fingerprint density at radius 2 is 1.58 bits per heavy atom. The van der Waals surface area contributed by atoms with Crippen LogP contribution in [0.2, 0.25) is 0 Å². The first-order valence-corrected chi connectivity index (χ1v) is 11.9. The van der Waals surface area contributed by atoms with Crippen LogP contribution >= 0.6 is 0 Å². The van der Waals surface area contributed by atoms with Crippen molar-refractivity contribution in [1.29, 1.82) is 0 Å². The lowest BCUT2D eigenvalue weighted by Gasteiger charge is -2.18. The zero-order valence-corrected chi connectivity index (χ0v) is 20.3. The summed E-state index contributed by atoms with van der Waals surface area (Å²) in [6.07, 6.45) is 3.15. The van der Waals surface area contributed by atoms with Gasteiger partial charge in [-0.2, -0.15) is 0 Å². The van der Waals surface area contributed by atoms with Crippen molar-refractivity contribution in [3.8, 4) is 22.8 Å². The summed E-state index contributed by atoms with van der Waals surface area (Å²) >= 11 is 0. The molecule has 0 fully saturated rings. The van der Waals surface area contributed by atoms with Crippen LogP contribution in [-0.2, 0) is 6.42 Å². The van der Waals surface area contributed by atoms with Crippen molar-refractivity contribution in [2.24, 2.45) is 0 Å². The molecule has 0 aliphatic carbocycles. The van der Waals surface area contributed by atoms with E-state index in [4.69, 9.17) is 19.4 Å². The molecule has 176 valence electrons. The van der Waals surface area contributed by atoms with Crippen molar-refractivity contribution >= 4 is 11.6 Å². The van der Waals surface area contributed by atoms with E-state index in [2.05, 4.69) is 37.1 Å². The third-order valence-corrected chi connectivity index (χ3v) is 5.63. The molecule has 33 heavy (non-hydrogen) atoms. The van der Waals surface area contributed by atoms with Crippen molar-refractivity contribution in [2.75, 3.05) is 38.7 Å². The van der Waals surface area contributed by atoms with Crippen molar-refractivity contribution < 1.29 is 9.47 Å². The molecule has 3 rings (SSSR count). The number of hydrogen-bond donors (Lipinski definition) is 1. The van der Waals surface area contributed by atoms with E-state index >= 15 is 0 Å². The van der Waals surface area contributed by atoms with Crippen LogP contribution in [0.1, 0.15) is 39.3 Å².